The van der Waals surface area contributed by atoms with Gasteiger partial charge in [0.2, 0.25) is 0 Å². The Bertz CT molecular complexity index is 708. The lowest BCUT2D eigenvalue weighted by Gasteiger charge is -2.26. The molecule has 0 aliphatic carbocycles. The summed E-state index contributed by atoms with van der Waals surface area (Å²) in [5.74, 6) is 1.66. The second kappa shape index (κ2) is 8.37. The van der Waals surface area contributed by atoms with Gasteiger partial charge in [-0.05, 0) is 48.2 Å². The van der Waals surface area contributed by atoms with Gasteiger partial charge in [0.1, 0.15) is 18.1 Å². The van der Waals surface area contributed by atoms with Crippen molar-refractivity contribution in [2.45, 2.75) is 13.8 Å². The molecule has 1 aliphatic rings. The summed E-state index contributed by atoms with van der Waals surface area (Å²) in [5, 5.41) is 0. The summed E-state index contributed by atoms with van der Waals surface area (Å²) in [6.07, 6.45) is 0. The van der Waals surface area contributed by atoms with E-state index in [9.17, 15) is 0 Å². The molecule has 25 heavy (non-hydrogen) atoms. The van der Waals surface area contributed by atoms with Crippen LogP contribution < -0.4 is 9.47 Å². The molecule has 1 fully saturated rings. The summed E-state index contributed by atoms with van der Waals surface area (Å²) in [4.78, 5) is 2.37. The predicted octanol–water partition coefficient (Wildman–Crippen LogP) is 3.69. The van der Waals surface area contributed by atoms with Crippen LogP contribution in [0.2, 0.25) is 0 Å². The molecule has 0 atom stereocenters. The van der Waals surface area contributed by atoms with E-state index in [0.717, 1.165) is 49.9 Å². The number of ether oxygens (including phenoxy) is 3. The van der Waals surface area contributed by atoms with Gasteiger partial charge in [-0.3, -0.25) is 4.90 Å². The minimum absolute atomic E-state index is 0.666. The van der Waals surface area contributed by atoms with Gasteiger partial charge in [-0.25, -0.2) is 0 Å². The lowest BCUT2D eigenvalue weighted by molar-refractivity contribution is 0.0322. The summed E-state index contributed by atoms with van der Waals surface area (Å²) in [6, 6.07) is 12.6. The average molecular weight is 341 g/mol. The monoisotopic (exact) mass is 341 g/mol. The van der Waals surface area contributed by atoms with Crippen LogP contribution in [0.25, 0.3) is 11.1 Å². The number of nitrogens with zero attached hydrogens (tertiary/aromatic N) is 1. The van der Waals surface area contributed by atoms with Crippen LogP contribution in [0, 0.1) is 13.8 Å². The number of rotatable bonds is 6. The SMILES string of the molecule is COc1cc(OCCN2CCOCC2)cc(-c2ccc(C)c(C)c2)c1. The van der Waals surface area contributed by atoms with Gasteiger partial charge in [-0.2, -0.15) is 0 Å². The lowest BCUT2D eigenvalue weighted by atomic mass is 10.00. The Kier molecular flexibility index (Phi) is 5.95. The molecule has 4 nitrogen and oxygen atoms in total. The van der Waals surface area contributed by atoms with E-state index < -0.39 is 0 Å². The molecule has 1 heterocycles. The maximum Gasteiger partial charge on any atom is 0.123 e. The Balaban J connectivity index is 1.71. The van der Waals surface area contributed by atoms with Crippen LogP contribution in [0.4, 0.5) is 0 Å². The largest absolute Gasteiger partial charge is 0.497 e. The second-order valence-electron chi connectivity index (χ2n) is 6.50. The highest BCUT2D eigenvalue weighted by Gasteiger charge is 2.11. The van der Waals surface area contributed by atoms with Crippen molar-refractivity contribution < 1.29 is 14.2 Å². The lowest BCUT2D eigenvalue weighted by Crippen LogP contribution is -2.38. The molecule has 3 rings (SSSR count). The van der Waals surface area contributed by atoms with E-state index in [1.54, 1.807) is 7.11 Å². The molecule has 0 bridgehead atoms. The fourth-order valence-electron chi connectivity index (χ4n) is 2.98. The fraction of sp³-hybridized carbons (Fsp3) is 0.429. The Labute approximate surface area is 150 Å². The molecule has 134 valence electrons. The minimum Gasteiger partial charge on any atom is -0.497 e. The maximum atomic E-state index is 6.00. The molecule has 0 radical (unpaired) electrons. The van der Waals surface area contributed by atoms with Gasteiger partial charge in [0, 0.05) is 25.7 Å². The molecule has 0 amide bonds. The van der Waals surface area contributed by atoms with Crippen LogP contribution in [0.1, 0.15) is 11.1 Å². The predicted molar refractivity (Wildman–Crippen MR) is 101 cm³/mol. The van der Waals surface area contributed by atoms with E-state index in [2.05, 4.69) is 49.1 Å². The van der Waals surface area contributed by atoms with E-state index >= 15 is 0 Å². The van der Waals surface area contributed by atoms with Gasteiger partial charge in [-0.15, -0.1) is 0 Å². The molecule has 0 aromatic heterocycles. The summed E-state index contributed by atoms with van der Waals surface area (Å²) < 4.78 is 16.8. The number of hydrogen-bond donors (Lipinski definition) is 0. The molecule has 1 aliphatic heterocycles. The highest BCUT2D eigenvalue weighted by atomic mass is 16.5. The third kappa shape index (κ3) is 4.74. The molecule has 1 saturated heterocycles. The maximum absolute atomic E-state index is 6.00. The van der Waals surface area contributed by atoms with Crippen molar-refractivity contribution >= 4 is 0 Å². The first-order valence-electron chi connectivity index (χ1n) is 8.85. The highest BCUT2D eigenvalue weighted by molar-refractivity contribution is 5.68. The molecular formula is C21H27NO3. The smallest absolute Gasteiger partial charge is 0.123 e. The molecule has 4 heteroatoms. The van der Waals surface area contributed by atoms with Gasteiger partial charge in [-0.1, -0.05) is 18.2 Å². The number of aryl methyl sites for hydroxylation is 2. The Morgan fingerprint density at radius 2 is 1.68 bits per heavy atom. The minimum atomic E-state index is 0.666. The zero-order valence-electron chi connectivity index (χ0n) is 15.4. The number of methoxy groups -OCH3 is 1. The van der Waals surface area contributed by atoms with Gasteiger partial charge in [0.05, 0.1) is 20.3 Å². The first-order valence-corrected chi connectivity index (χ1v) is 8.85. The van der Waals surface area contributed by atoms with Crippen molar-refractivity contribution in [3.8, 4) is 22.6 Å². The fourth-order valence-corrected chi connectivity index (χ4v) is 2.98. The summed E-state index contributed by atoms with van der Waals surface area (Å²) in [7, 11) is 1.69. The third-order valence-electron chi connectivity index (χ3n) is 4.74. The number of morpholine rings is 1. The van der Waals surface area contributed by atoms with E-state index in [0.29, 0.717) is 6.61 Å². The molecule has 2 aromatic carbocycles. The van der Waals surface area contributed by atoms with Gasteiger partial charge < -0.3 is 14.2 Å². The van der Waals surface area contributed by atoms with E-state index in [1.807, 2.05) is 6.07 Å². The van der Waals surface area contributed by atoms with Gasteiger partial charge in [0.15, 0.2) is 0 Å². The van der Waals surface area contributed by atoms with Gasteiger partial charge >= 0.3 is 0 Å². The van der Waals surface area contributed by atoms with E-state index in [4.69, 9.17) is 14.2 Å². The summed E-state index contributed by atoms with van der Waals surface area (Å²) >= 11 is 0. The van der Waals surface area contributed by atoms with Crippen molar-refractivity contribution in [1.29, 1.82) is 0 Å². The van der Waals surface area contributed by atoms with Crippen molar-refractivity contribution in [2.24, 2.45) is 0 Å². The van der Waals surface area contributed by atoms with Crippen LogP contribution in [-0.2, 0) is 4.74 Å². The zero-order valence-corrected chi connectivity index (χ0v) is 15.4. The van der Waals surface area contributed by atoms with E-state index in [1.165, 1.54) is 16.7 Å². The topological polar surface area (TPSA) is 30.9 Å². The van der Waals surface area contributed by atoms with Crippen LogP contribution >= 0.6 is 0 Å². The highest BCUT2D eigenvalue weighted by Crippen LogP contribution is 2.30. The van der Waals surface area contributed by atoms with E-state index in [-0.39, 0.29) is 0 Å². The Morgan fingerprint density at radius 3 is 2.40 bits per heavy atom. The quantitative estimate of drug-likeness (QED) is 0.802. The molecule has 0 spiro atoms. The molecule has 0 unspecified atom stereocenters. The normalized spacial score (nSPS) is 15.2. The molecule has 2 aromatic rings. The molecular weight excluding hydrogens is 314 g/mol. The first kappa shape index (κ1) is 17.8. The van der Waals surface area contributed by atoms with Crippen LogP contribution in [-0.4, -0.2) is 51.5 Å². The Hall–Kier alpha value is -2.04. The average Bonchev–Trinajstić information content (AvgIpc) is 2.64. The van der Waals surface area contributed by atoms with Crippen LogP contribution in [0.5, 0.6) is 11.5 Å². The Morgan fingerprint density at radius 1 is 0.920 bits per heavy atom. The van der Waals surface area contributed by atoms with Crippen LogP contribution in [0.3, 0.4) is 0 Å². The van der Waals surface area contributed by atoms with Crippen molar-refractivity contribution in [2.75, 3.05) is 46.6 Å². The second-order valence-corrected chi connectivity index (χ2v) is 6.50. The summed E-state index contributed by atoms with van der Waals surface area (Å²) in [6.45, 7) is 9.44. The van der Waals surface area contributed by atoms with Crippen LogP contribution in [0.15, 0.2) is 36.4 Å². The van der Waals surface area contributed by atoms with Crippen molar-refractivity contribution in [3.63, 3.8) is 0 Å². The third-order valence-corrected chi connectivity index (χ3v) is 4.74. The number of hydrogen-bond acceptors (Lipinski definition) is 4. The van der Waals surface area contributed by atoms with Gasteiger partial charge in [0.25, 0.3) is 0 Å². The first-order chi connectivity index (χ1) is 12.2. The summed E-state index contributed by atoms with van der Waals surface area (Å²) in [5.41, 5.74) is 4.88. The standard InChI is InChI=1S/C21H27NO3/c1-16-4-5-18(12-17(16)2)19-13-20(23-3)15-21(14-19)25-11-8-22-6-9-24-10-7-22/h4-5,12-15H,6-11H2,1-3H3. The van der Waals surface area contributed by atoms with Crippen molar-refractivity contribution in [3.05, 3.63) is 47.5 Å². The molecule has 0 N–H and O–H groups in total. The zero-order chi connectivity index (χ0) is 17.6. The molecule has 0 saturated carbocycles. The van der Waals surface area contributed by atoms with Crippen molar-refractivity contribution in [1.82, 2.24) is 4.90 Å². The number of benzene rings is 2.